The molecule has 1 fully saturated rings. The molecule has 1 aliphatic rings. The van der Waals surface area contributed by atoms with Gasteiger partial charge in [-0.15, -0.1) is 0 Å². The Morgan fingerprint density at radius 2 is 2.31 bits per heavy atom. The zero-order valence-corrected chi connectivity index (χ0v) is 12.3. The minimum atomic E-state index is 0.526. The maximum Gasteiger partial charge on any atom is 0.0650 e. The molecule has 0 spiro atoms. The molecule has 1 aromatic carbocycles. The molecule has 1 aromatic rings. The maximum atomic E-state index is 6.30. The van der Waals surface area contributed by atoms with Gasteiger partial charge in [-0.2, -0.15) is 0 Å². The summed E-state index contributed by atoms with van der Waals surface area (Å²) >= 11 is 8.59. The molecular formula is C12H16ClIN2. The van der Waals surface area contributed by atoms with Gasteiger partial charge in [0, 0.05) is 22.7 Å². The molecule has 16 heavy (non-hydrogen) atoms. The van der Waals surface area contributed by atoms with Crippen molar-refractivity contribution >= 4 is 39.9 Å². The first-order chi connectivity index (χ1) is 7.66. The minimum Gasteiger partial charge on any atom is -0.369 e. The summed E-state index contributed by atoms with van der Waals surface area (Å²) in [5.74, 6) is 0. The molecule has 1 unspecified atom stereocenters. The topological polar surface area (TPSA) is 15.3 Å². The number of nitrogens with one attached hydrogen (secondary N) is 1. The maximum absolute atomic E-state index is 6.30. The number of rotatable bonds is 1. The van der Waals surface area contributed by atoms with Gasteiger partial charge < -0.3 is 10.2 Å². The molecule has 0 bridgehead atoms. The molecule has 1 N–H and O–H groups in total. The Hall–Kier alpha value is -0.000000000000000132. The zero-order valence-electron chi connectivity index (χ0n) is 9.34. The van der Waals surface area contributed by atoms with Crippen LogP contribution in [0.25, 0.3) is 0 Å². The van der Waals surface area contributed by atoms with Gasteiger partial charge in [-0.05, 0) is 60.7 Å². The van der Waals surface area contributed by atoms with Crippen LogP contribution in [0, 0.1) is 3.57 Å². The summed E-state index contributed by atoms with van der Waals surface area (Å²) in [7, 11) is 0. The van der Waals surface area contributed by atoms with E-state index in [1.807, 2.05) is 6.07 Å². The smallest absolute Gasteiger partial charge is 0.0650 e. The second-order valence-corrected chi connectivity index (χ2v) is 5.90. The molecule has 1 heterocycles. The monoisotopic (exact) mass is 350 g/mol. The van der Waals surface area contributed by atoms with Crippen molar-refractivity contribution in [2.24, 2.45) is 0 Å². The van der Waals surface area contributed by atoms with Gasteiger partial charge in [0.15, 0.2) is 0 Å². The van der Waals surface area contributed by atoms with E-state index >= 15 is 0 Å². The third-order valence-electron chi connectivity index (χ3n) is 2.84. The Labute approximate surface area is 115 Å². The third kappa shape index (κ3) is 3.02. The van der Waals surface area contributed by atoms with E-state index in [0.717, 1.165) is 30.3 Å². The van der Waals surface area contributed by atoms with Crippen LogP contribution < -0.4 is 10.2 Å². The first-order valence-electron chi connectivity index (χ1n) is 5.60. The Balaban J connectivity index is 2.21. The number of anilines is 1. The van der Waals surface area contributed by atoms with Crippen molar-refractivity contribution in [3.8, 4) is 0 Å². The SMILES string of the molecule is CC1CN(c2ccc(I)cc2Cl)CCCN1. The van der Waals surface area contributed by atoms with Gasteiger partial charge >= 0.3 is 0 Å². The van der Waals surface area contributed by atoms with E-state index in [4.69, 9.17) is 11.6 Å². The fraction of sp³-hybridized carbons (Fsp3) is 0.500. The summed E-state index contributed by atoms with van der Waals surface area (Å²) in [6, 6.07) is 6.80. The summed E-state index contributed by atoms with van der Waals surface area (Å²) in [6.07, 6.45) is 1.17. The molecule has 2 rings (SSSR count). The van der Waals surface area contributed by atoms with Gasteiger partial charge in [0.05, 0.1) is 10.7 Å². The van der Waals surface area contributed by atoms with E-state index in [1.54, 1.807) is 0 Å². The molecule has 0 aromatic heterocycles. The molecule has 1 aliphatic heterocycles. The molecule has 4 heteroatoms. The van der Waals surface area contributed by atoms with Gasteiger partial charge in [-0.1, -0.05) is 11.6 Å². The van der Waals surface area contributed by atoms with E-state index in [0.29, 0.717) is 6.04 Å². The Morgan fingerprint density at radius 3 is 3.06 bits per heavy atom. The lowest BCUT2D eigenvalue weighted by Gasteiger charge is -2.25. The molecule has 0 aliphatic carbocycles. The minimum absolute atomic E-state index is 0.526. The molecule has 0 saturated carbocycles. The molecule has 2 nitrogen and oxygen atoms in total. The fourth-order valence-corrected chi connectivity index (χ4v) is 3.04. The van der Waals surface area contributed by atoms with Crippen LogP contribution in [0.4, 0.5) is 5.69 Å². The molecule has 1 saturated heterocycles. The first kappa shape index (κ1) is 12.5. The lowest BCUT2D eigenvalue weighted by molar-refractivity contribution is 0.585. The average Bonchev–Trinajstić information content (AvgIpc) is 2.43. The van der Waals surface area contributed by atoms with Crippen molar-refractivity contribution in [3.05, 3.63) is 26.8 Å². The van der Waals surface area contributed by atoms with Gasteiger partial charge in [0.2, 0.25) is 0 Å². The molecule has 1 atom stereocenters. The summed E-state index contributed by atoms with van der Waals surface area (Å²) in [5.41, 5.74) is 1.16. The van der Waals surface area contributed by atoms with Gasteiger partial charge in [-0.3, -0.25) is 0 Å². The summed E-state index contributed by atoms with van der Waals surface area (Å²) in [4.78, 5) is 2.38. The van der Waals surface area contributed by atoms with Crippen molar-refractivity contribution in [1.29, 1.82) is 0 Å². The van der Waals surface area contributed by atoms with Crippen molar-refractivity contribution in [3.63, 3.8) is 0 Å². The van der Waals surface area contributed by atoms with Crippen LogP contribution in [0.5, 0.6) is 0 Å². The largest absolute Gasteiger partial charge is 0.369 e. The predicted molar refractivity (Wildman–Crippen MR) is 78.5 cm³/mol. The Bertz CT molecular complexity index is 370. The van der Waals surface area contributed by atoms with E-state index in [2.05, 4.69) is 51.9 Å². The normalized spacial score (nSPS) is 21.9. The highest BCUT2D eigenvalue weighted by Crippen LogP contribution is 2.28. The lowest BCUT2D eigenvalue weighted by atomic mass is 10.2. The second kappa shape index (κ2) is 5.56. The van der Waals surface area contributed by atoms with Crippen LogP contribution in [-0.4, -0.2) is 25.7 Å². The quantitative estimate of drug-likeness (QED) is 0.783. The number of benzene rings is 1. The second-order valence-electron chi connectivity index (χ2n) is 4.25. The zero-order chi connectivity index (χ0) is 11.5. The summed E-state index contributed by atoms with van der Waals surface area (Å²) in [5, 5.41) is 4.35. The molecule has 0 amide bonds. The number of halogens is 2. The Morgan fingerprint density at radius 1 is 1.50 bits per heavy atom. The highest BCUT2D eigenvalue weighted by atomic mass is 127. The van der Waals surface area contributed by atoms with Gasteiger partial charge in [0.1, 0.15) is 0 Å². The van der Waals surface area contributed by atoms with Crippen LogP contribution in [0.3, 0.4) is 0 Å². The van der Waals surface area contributed by atoms with Crippen LogP contribution >= 0.6 is 34.2 Å². The van der Waals surface area contributed by atoms with E-state index in [1.165, 1.54) is 9.99 Å². The molecule has 88 valence electrons. The summed E-state index contributed by atoms with van der Waals surface area (Å²) < 4.78 is 1.19. The highest BCUT2D eigenvalue weighted by Gasteiger charge is 2.16. The fourth-order valence-electron chi connectivity index (χ4n) is 2.06. The van der Waals surface area contributed by atoms with Crippen molar-refractivity contribution in [1.82, 2.24) is 5.32 Å². The van der Waals surface area contributed by atoms with Crippen molar-refractivity contribution < 1.29 is 0 Å². The van der Waals surface area contributed by atoms with Crippen molar-refractivity contribution in [2.45, 2.75) is 19.4 Å². The molecule has 0 radical (unpaired) electrons. The van der Waals surface area contributed by atoms with Crippen molar-refractivity contribution in [2.75, 3.05) is 24.5 Å². The highest BCUT2D eigenvalue weighted by molar-refractivity contribution is 14.1. The Kier molecular flexibility index (Phi) is 4.33. The molecular weight excluding hydrogens is 335 g/mol. The van der Waals surface area contributed by atoms with Crippen LogP contribution in [0.1, 0.15) is 13.3 Å². The van der Waals surface area contributed by atoms with Crippen LogP contribution in [0.15, 0.2) is 18.2 Å². The number of nitrogens with zero attached hydrogens (tertiary/aromatic N) is 1. The van der Waals surface area contributed by atoms with E-state index < -0.39 is 0 Å². The standard InChI is InChI=1S/C12H16ClIN2/c1-9-8-16(6-2-5-15-9)12-4-3-10(14)7-11(12)13/h3-4,7,9,15H,2,5-6,8H2,1H3. The third-order valence-corrected chi connectivity index (χ3v) is 3.82. The van der Waals surface area contributed by atoms with E-state index in [9.17, 15) is 0 Å². The lowest BCUT2D eigenvalue weighted by Crippen LogP contribution is -2.35. The summed E-state index contributed by atoms with van der Waals surface area (Å²) in [6.45, 7) is 5.43. The average molecular weight is 351 g/mol. The number of hydrogen-bond donors (Lipinski definition) is 1. The van der Waals surface area contributed by atoms with Gasteiger partial charge in [-0.25, -0.2) is 0 Å². The van der Waals surface area contributed by atoms with Gasteiger partial charge in [0.25, 0.3) is 0 Å². The number of hydrogen-bond acceptors (Lipinski definition) is 2. The van der Waals surface area contributed by atoms with E-state index in [-0.39, 0.29) is 0 Å². The van der Waals surface area contributed by atoms with Crippen LogP contribution in [-0.2, 0) is 0 Å². The first-order valence-corrected chi connectivity index (χ1v) is 7.06. The predicted octanol–water partition coefficient (Wildman–Crippen LogP) is 3.13. The van der Waals surface area contributed by atoms with Crippen LogP contribution in [0.2, 0.25) is 5.02 Å².